The van der Waals surface area contributed by atoms with E-state index in [2.05, 4.69) is 17.1 Å². The zero-order chi connectivity index (χ0) is 12.1. The average Bonchev–Trinajstić information content (AvgIpc) is 2.77. The zero-order valence-corrected chi connectivity index (χ0v) is 10.5. The normalized spacial score (nSPS) is 20.9. The van der Waals surface area contributed by atoms with E-state index in [0.29, 0.717) is 6.04 Å². The molecule has 0 amide bonds. The molecule has 1 aromatic carbocycles. The number of hydrogen-bond acceptors (Lipinski definition) is 2. The lowest BCUT2D eigenvalue weighted by Crippen LogP contribution is -2.37. The van der Waals surface area contributed by atoms with E-state index < -0.39 is 0 Å². The zero-order valence-electron chi connectivity index (χ0n) is 10.5. The Morgan fingerprint density at radius 2 is 2.24 bits per heavy atom. The first-order chi connectivity index (χ1) is 8.31. The lowest BCUT2D eigenvalue weighted by Gasteiger charge is -2.24. The maximum atomic E-state index is 13.6. The van der Waals surface area contributed by atoms with Crippen LogP contribution >= 0.6 is 0 Å². The van der Waals surface area contributed by atoms with E-state index in [1.165, 1.54) is 12.8 Å². The van der Waals surface area contributed by atoms with Crippen LogP contribution in [0.1, 0.15) is 25.3 Å². The SMILES string of the molecule is CCNCC1CCCN1Cc1ccccc1F. The summed E-state index contributed by atoms with van der Waals surface area (Å²) in [4.78, 5) is 2.39. The Morgan fingerprint density at radius 1 is 1.41 bits per heavy atom. The first-order valence-electron chi connectivity index (χ1n) is 6.49. The highest BCUT2D eigenvalue weighted by Crippen LogP contribution is 2.20. The Hall–Kier alpha value is -0.930. The molecule has 3 heteroatoms. The summed E-state index contributed by atoms with van der Waals surface area (Å²) in [6.45, 7) is 5.97. The summed E-state index contributed by atoms with van der Waals surface area (Å²) in [6, 6.07) is 7.66. The van der Waals surface area contributed by atoms with Crippen LogP contribution in [0.3, 0.4) is 0 Å². The fraction of sp³-hybridized carbons (Fsp3) is 0.571. The van der Waals surface area contributed by atoms with Gasteiger partial charge in [0.2, 0.25) is 0 Å². The number of likely N-dealkylation sites (N-methyl/N-ethyl adjacent to an activating group) is 1. The van der Waals surface area contributed by atoms with Crippen LogP contribution in [0.25, 0.3) is 0 Å². The van der Waals surface area contributed by atoms with Crippen molar-refractivity contribution in [3.63, 3.8) is 0 Å². The fourth-order valence-corrected chi connectivity index (χ4v) is 2.49. The number of benzene rings is 1. The van der Waals surface area contributed by atoms with E-state index in [4.69, 9.17) is 0 Å². The Bertz CT molecular complexity index is 354. The van der Waals surface area contributed by atoms with Crippen molar-refractivity contribution in [2.45, 2.75) is 32.4 Å². The van der Waals surface area contributed by atoms with Crippen molar-refractivity contribution in [1.82, 2.24) is 10.2 Å². The third kappa shape index (κ3) is 3.27. The van der Waals surface area contributed by atoms with Crippen molar-refractivity contribution >= 4 is 0 Å². The molecule has 0 aliphatic carbocycles. The molecule has 1 aromatic rings. The molecule has 17 heavy (non-hydrogen) atoms. The van der Waals surface area contributed by atoms with Gasteiger partial charge < -0.3 is 5.32 Å². The van der Waals surface area contributed by atoms with Crippen LogP contribution in [-0.4, -0.2) is 30.6 Å². The minimum absolute atomic E-state index is 0.0819. The van der Waals surface area contributed by atoms with E-state index >= 15 is 0 Å². The fourth-order valence-electron chi connectivity index (χ4n) is 2.49. The van der Waals surface area contributed by atoms with Crippen molar-refractivity contribution in [1.29, 1.82) is 0 Å². The standard InChI is InChI=1S/C14H21FN2/c1-2-16-10-13-7-5-9-17(13)11-12-6-3-4-8-14(12)15/h3-4,6,8,13,16H,2,5,7,9-11H2,1H3. The molecule has 0 aromatic heterocycles. The van der Waals surface area contributed by atoms with Crippen LogP contribution < -0.4 is 5.32 Å². The van der Waals surface area contributed by atoms with Gasteiger partial charge in [-0.25, -0.2) is 4.39 Å². The van der Waals surface area contributed by atoms with E-state index in [1.54, 1.807) is 12.1 Å². The van der Waals surface area contributed by atoms with E-state index in [9.17, 15) is 4.39 Å². The predicted octanol–water partition coefficient (Wildman–Crippen LogP) is 2.40. The van der Waals surface area contributed by atoms with Crippen molar-refractivity contribution in [2.24, 2.45) is 0 Å². The first-order valence-corrected chi connectivity index (χ1v) is 6.49. The molecular weight excluding hydrogens is 215 g/mol. The second kappa shape index (κ2) is 6.12. The molecule has 1 atom stereocenters. The summed E-state index contributed by atoms with van der Waals surface area (Å²) in [7, 11) is 0. The highest BCUT2D eigenvalue weighted by atomic mass is 19.1. The van der Waals surface area contributed by atoms with Gasteiger partial charge >= 0.3 is 0 Å². The molecule has 1 aliphatic rings. The number of likely N-dealkylation sites (tertiary alicyclic amines) is 1. The van der Waals surface area contributed by atoms with Gasteiger partial charge in [-0.3, -0.25) is 4.90 Å². The molecule has 0 spiro atoms. The van der Waals surface area contributed by atoms with Gasteiger partial charge in [-0.2, -0.15) is 0 Å². The van der Waals surface area contributed by atoms with Crippen LogP contribution in [0.4, 0.5) is 4.39 Å². The summed E-state index contributed by atoms with van der Waals surface area (Å²) < 4.78 is 13.6. The highest BCUT2D eigenvalue weighted by molar-refractivity contribution is 5.17. The predicted molar refractivity (Wildman–Crippen MR) is 68.4 cm³/mol. The van der Waals surface area contributed by atoms with Crippen LogP contribution in [0, 0.1) is 5.82 Å². The minimum atomic E-state index is -0.0819. The molecule has 0 bridgehead atoms. The summed E-state index contributed by atoms with van der Waals surface area (Å²) in [5, 5.41) is 3.39. The van der Waals surface area contributed by atoms with Gasteiger partial charge in [-0.1, -0.05) is 25.1 Å². The monoisotopic (exact) mass is 236 g/mol. The summed E-state index contributed by atoms with van der Waals surface area (Å²) in [5.74, 6) is -0.0819. The molecule has 1 heterocycles. The maximum absolute atomic E-state index is 13.6. The van der Waals surface area contributed by atoms with Crippen molar-refractivity contribution in [2.75, 3.05) is 19.6 Å². The van der Waals surface area contributed by atoms with Gasteiger partial charge in [0, 0.05) is 24.7 Å². The van der Waals surface area contributed by atoms with Crippen LogP contribution in [0.5, 0.6) is 0 Å². The molecule has 1 aliphatic heterocycles. The summed E-state index contributed by atoms with van der Waals surface area (Å²) >= 11 is 0. The minimum Gasteiger partial charge on any atom is -0.315 e. The lowest BCUT2D eigenvalue weighted by molar-refractivity contribution is 0.237. The average molecular weight is 236 g/mol. The second-order valence-electron chi connectivity index (χ2n) is 4.67. The van der Waals surface area contributed by atoms with Gasteiger partial charge in [-0.05, 0) is 32.0 Å². The summed E-state index contributed by atoms with van der Waals surface area (Å²) in [5.41, 5.74) is 0.816. The van der Waals surface area contributed by atoms with Crippen molar-refractivity contribution < 1.29 is 4.39 Å². The van der Waals surface area contributed by atoms with E-state index in [-0.39, 0.29) is 5.82 Å². The number of halogens is 1. The third-order valence-electron chi connectivity index (χ3n) is 3.46. The Kier molecular flexibility index (Phi) is 4.51. The van der Waals surface area contributed by atoms with Crippen molar-refractivity contribution in [3.05, 3.63) is 35.6 Å². The quantitative estimate of drug-likeness (QED) is 0.844. The Labute approximate surface area is 103 Å². The smallest absolute Gasteiger partial charge is 0.127 e. The van der Waals surface area contributed by atoms with Crippen LogP contribution in [-0.2, 0) is 6.54 Å². The highest BCUT2D eigenvalue weighted by Gasteiger charge is 2.24. The third-order valence-corrected chi connectivity index (χ3v) is 3.46. The van der Waals surface area contributed by atoms with Crippen LogP contribution in [0.15, 0.2) is 24.3 Å². The topological polar surface area (TPSA) is 15.3 Å². The van der Waals surface area contributed by atoms with E-state index in [0.717, 1.165) is 31.7 Å². The van der Waals surface area contributed by atoms with Gasteiger partial charge in [0.25, 0.3) is 0 Å². The molecular formula is C14H21FN2. The molecule has 2 rings (SSSR count). The Balaban J connectivity index is 1.95. The van der Waals surface area contributed by atoms with Gasteiger partial charge in [0.15, 0.2) is 0 Å². The lowest BCUT2D eigenvalue weighted by atomic mass is 10.1. The second-order valence-corrected chi connectivity index (χ2v) is 4.67. The molecule has 0 saturated carbocycles. The number of rotatable bonds is 5. The van der Waals surface area contributed by atoms with Gasteiger partial charge in [0.1, 0.15) is 5.82 Å². The molecule has 94 valence electrons. The Morgan fingerprint density at radius 3 is 3.00 bits per heavy atom. The summed E-state index contributed by atoms with van der Waals surface area (Å²) in [6.07, 6.45) is 2.45. The molecule has 0 radical (unpaired) electrons. The molecule has 2 nitrogen and oxygen atoms in total. The number of nitrogens with zero attached hydrogens (tertiary/aromatic N) is 1. The number of hydrogen-bond donors (Lipinski definition) is 1. The van der Waals surface area contributed by atoms with Gasteiger partial charge in [0.05, 0.1) is 0 Å². The van der Waals surface area contributed by atoms with Crippen LogP contribution in [0.2, 0.25) is 0 Å². The van der Waals surface area contributed by atoms with Crippen molar-refractivity contribution in [3.8, 4) is 0 Å². The first kappa shape index (κ1) is 12.5. The maximum Gasteiger partial charge on any atom is 0.127 e. The number of nitrogens with one attached hydrogen (secondary N) is 1. The van der Waals surface area contributed by atoms with Gasteiger partial charge in [-0.15, -0.1) is 0 Å². The molecule has 1 fully saturated rings. The molecule has 1 saturated heterocycles. The largest absolute Gasteiger partial charge is 0.315 e. The van der Waals surface area contributed by atoms with E-state index in [1.807, 2.05) is 12.1 Å². The molecule has 1 unspecified atom stereocenters. The molecule has 1 N–H and O–H groups in total.